The first-order chi connectivity index (χ1) is 12.2. The van der Waals surface area contributed by atoms with Gasteiger partial charge in [-0.15, -0.1) is 10.2 Å². The number of aromatic nitrogens is 5. The van der Waals surface area contributed by atoms with Gasteiger partial charge in [0.15, 0.2) is 22.6 Å². The van der Waals surface area contributed by atoms with Crippen LogP contribution in [0.15, 0.2) is 56.8 Å². The highest BCUT2D eigenvalue weighted by atomic mass is 32.2. The molecule has 126 valence electrons. The number of hydrogen-bond donors (Lipinski definition) is 0. The number of thioether (sulfide) groups is 1. The van der Waals surface area contributed by atoms with Crippen LogP contribution in [0.1, 0.15) is 11.4 Å². The van der Waals surface area contributed by atoms with Crippen LogP contribution in [-0.2, 0) is 12.8 Å². The van der Waals surface area contributed by atoms with Gasteiger partial charge in [0.25, 0.3) is 5.89 Å². The second kappa shape index (κ2) is 6.56. The van der Waals surface area contributed by atoms with E-state index in [-0.39, 0.29) is 0 Å². The molecular formula is C17H15N5O2S. The highest BCUT2D eigenvalue weighted by Gasteiger charge is 2.15. The van der Waals surface area contributed by atoms with Gasteiger partial charge >= 0.3 is 0 Å². The van der Waals surface area contributed by atoms with Crippen LogP contribution < -0.4 is 0 Å². The maximum atomic E-state index is 5.37. The van der Waals surface area contributed by atoms with E-state index in [1.54, 1.807) is 6.26 Å². The Balaban J connectivity index is 1.48. The standard InChI is InChI=1S/C17H15N5O2S/c1-11-5-3-6-12(9-11)16-18-14(21-24-16)10-25-17-20-19-15(22(17)2)13-7-4-8-23-13/h3-9H,10H2,1-2H3. The third-order valence-corrected chi connectivity index (χ3v) is 4.66. The molecule has 0 amide bonds. The van der Waals surface area contributed by atoms with Gasteiger partial charge in [-0.25, -0.2) is 0 Å². The maximum absolute atomic E-state index is 5.37. The molecule has 0 aliphatic carbocycles. The summed E-state index contributed by atoms with van der Waals surface area (Å²) in [6, 6.07) is 11.6. The predicted octanol–water partition coefficient (Wildman–Crippen LogP) is 3.73. The van der Waals surface area contributed by atoms with Crippen LogP contribution in [0.2, 0.25) is 0 Å². The Morgan fingerprint density at radius 3 is 2.88 bits per heavy atom. The van der Waals surface area contributed by atoms with E-state index in [0.717, 1.165) is 16.3 Å². The van der Waals surface area contributed by atoms with Crippen molar-refractivity contribution in [1.82, 2.24) is 24.9 Å². The normalized spacial score (nSPS) is 11.1. The van der Waals surface area contributed by atoms with Gasteiger partial charge in [-0.1, -0.05) is 34.6 Å². The van der Waals surface area contributed by atoms with E-state index in [2.05, 4.69) is 20.3 Å². The minimum absolute atomic E-state index is 0.522. The molecule has 0 saturated carbocycles. The third kappa shape index (κ3) is 3.20. The van der Waals surface area contributed by atoms with E-state index < -0.39 is 0 Å². The van der Waals surface area contributed by atoms with Crippen molar-refractivity contribution in [3.8, 4) is 23.0 Å². The zero-order valence-electron chi connectivity index (χ0n) is 13.7. The van der Waals surface area contributed by atoms with Crippen LogP contribution in [0.3, 0.4) is 0 Å². The zero-order valence-corrected chi connectivity index (χ0v) is 14.5. The van der Waals surface area contributed by atoms with Crippen molar-refractivity contribution in [2.75, 3.05) is 0 Å². The summed E-state index contributed by atoms with van der Waals surface area (Å²) >= 11 is 1.49. The van der Waals surface area contributed by atoms with Crippen LogP contribution in [0, 0.1) is 6.92 Å². The molecule has 0 saturated heterocycles. The maximum Gasteiger partial charge on any atom is 0.257 e. The summed E-state index contributed by atoms with van der Waals surface area (Å²) in [5.41, 5.74) is 2.07. The van der Waals surface area contributed by atoms with Gasteiger partial charge in [0.1, 0.15) is 0 Å². The highest BCUT2D eigenvalue weighted by molar-refractivity contribution is 7.98. The molecule has 0 radical (unpaired) electrons. The number of nitrogens with zero attached hydrogens (tertiary/aromatic N) is 5. The quantitative estimate of drug-likeness (QED) is 0.506. The lowest BCUT2D eigenvalue weighted by Crippen LogP contribution is -1.94. The topological polar surface area (TPSA) is 82.8 Å². The molecule has 3 aromatic heterocycles. The van der Waals surface area contributed by atoms with E-state index in [9.17, 15) is 0 Å². The van der Waals surface area contributed by atoms with Gasteiger partial charge < -0.3 is 13.5 Å². The molecule has 0 fully saturated rings. The second-order valence-corrected chi connectivity index (χ2v) is 6.46. The smallest absolute Gasteiger partial charge is 0.257 e. The molecule has 7 nitrogen and oxygen atoms in total. The molecule has 4 rings (SSSR count). The number of benzene rings is 1. The van der Waals surface area contributed by atoms with Crippen LogP contribution in [0.5, 0.6) is 0 Å². The van der Waals surface area contributed by atoms with Crippen LogP contribution in [0.4, 0.5) is 0 Å². The molecule has 1 aromatic carbocycles. The number of hydrogen-bond acceptors (Lipinski definition) is 7. The fourth-order valence-corrected chi connectivity index (χ4v) is 3.15. The zero-order chi connectivity index (χ0) is 17.2. The predicted molar refractivity (Wildman–Crippen MR) is 92.7 cm³/mol. The van der Waals surface area contributed by atoms with Crippen LogP contribution in [-0.4, -0.2) is 24.9 Å². The highest BCUT2D eigenvalue weighted by Crippen LogP contribution is 2.25. The SMILES string of the molecule is Cc1cccc(-c2nc(CSc3nnc(-c4ccco4)n3C)no2)c1. The second-order valence-electron chi connectivity index (χ2n) is 5.52. The minimum Gasteiger partial charge on any atom is -0.461 e. The molecule has 0 spiro atoms. The lowest BCUT2D eigenvalue weighted by atomic mass is 10.1. The first-order valence-corrected chi connectivity index (χ1v) is 8.65. The molecule has 0 N–H and O–H groups in total. The van der Waals surface area contributed by atoms with Gasteiger partial charge in [0, 0.05) is 12.6 Å². The Kier molecular flexibility index (Phi) is 4.10. The Bertz CT molecular complexity index is 990. The Morgan fingerprint density at radius 2 is 2.08 bits per heavy atom. The average molecular weight is 353 g/mol. The van der Waals surface area contributed by atoms with E-state index in [1.165, 1.54) is 11.8 Å². The fourth-order valence-electron chi connectivity index (χ4n) is 2.40. The van der Waals surface area contributed by atoms with Crippen molar-refractivity contribution in [2.45, 2.75) is 17.8 Å². The Hall–Kier alpha value is -2.87. The van der Waals surface area contributed by atoms with Gasteiger partial charge in [-0.2, -0.15) is 4.98 Å². The molecule has 0 aliphatic heterocycles. The molecule has 0 unspecified atom stereocenters. The summed E-state index contributed by atoms with van der Waals surface area (Å²) in [7, 11) is 1.90. The first kappa shape index (κ1) is 15.6. The van der Waals surface area contributed by atoms with Crippen molar-refractivity contribution in [1.29, 1.82) is 0 Å². The largest absolute Gasteiger partial charge is 0.461 e. The van der Waals surface area contributed by atoms with Gasteiger partial charge in [-0.05, 0) is 31.2 Å². The van der Waals surface area contributed by atoms with Crippen molar-refractivity contribution < 1.29 is 8.94 Å². The van der Waals surface area contributed by atoms with Crippen molar-refractivity contribution in [2.24, 2.45) is 7.05 Å². The van der Waals surface area contributed by atoms with Crippen molar-refractivity contribution in [3.63, 3.8) is 0 Å². The Morgan fingerprint density at radius 1 is 1.16 bits per heavy atom. The number of furan rings is 1. The van der Waals surface area contributed by atoms with Crippen molar-refractivity contribution in [3.05, 3.63) is 54.0 Å². The molecular weight excluding hydrogens is 338 g/mol. The third-order valence-electron chi connectivity index (χ3n) is 3.64. The van der Waals surface area contributed by atoms with E-state index in [1.807, 2.05) is 54.9 Å². The van der Waals surface area contributed by atoms with Crippen LogP contribution >= 0.6 is 11.8 Å². The molecule has 0 atom stereocenters. The lowest BCUT2D eigenvalue weighted by molar-refractivity contribution is 0.425. The van der Waals surface area contributed by atoms with Gasteiger partial charge in [0.05, 0.1) is 12.0 Å². The molecule has 8 heteroatoms. The summed E-state index contributed by atoms with van der Waals surface area (Å²) in [6.45, 7) is 2.03. The first-order valence-electron chi connectivity index (χ1n) is 7.66. The van der Waals surface area contributed by atoms with Crippen LogP contribution in [0.25, 0.3) is 23.0 Å². The molecule has 0 bridgehead atoms. The van der Waals surface area contributed by atoms with E-state index in [4.69, 9.17) is 8.94 Å². The van der Waals surface area contributed by atoms with Gasteiger partial charge in [0.2, 0.25) is 0 Å². The molecule has 25 heavy (non-hydrogen) atoms. The summed E-state index contributed by atoms with van der Waals surface area (Å²) in [5.74, 6) is 3.04. The molecule has 3 heterocycles. The summed E-state index contributed by atoms with van der Waals surface area (Å²) in [4.78, 5) is 4.45. The van der Waals surface area contributed by atoms with E-state index >= 15 is 0 Å². The average Bonchev–Trinajstić information content (AvgIpc) is 3.34. The van der Waals surface area contributed by atoms with E-state index in [0.29, 0.717) is 29.1 Å². The summed E-state index contributed by atoms with van der Waals surface area (Å²) in [6.07, 6.45) is 1.61. The van der Waals surface area contributed by atoms with Crippen molar-refractivity contribution >= 4 is 11.8 Å². The lowest BCUT2D eigenvalue weighted by Gasteiger charge is -2.00. The number of rotatable bonds is 5. The monoisotopic (exact) mass is 353 g/mol. The number of aryl methyl sites for hydroxylation is 1. The Labute approximate surface area is 148 Å². The summed E-state index contributed by atoms with van der Waals surface area (Å²) in [5, 5.41) is 13.2. The summed E-state index contributed by atoms with van der Waals surface area (Å²) < 4.78 is 12.6. The fraction of sp³-hybridized carbons (Fsp3) is 0.176. The minimum atomic E-state index is 0.522. The van der Waals surface area contributed by atoms with Gasteiger partial charge in [-0.3, -0.25) is 0 Å². The molecule has 0 aliphatic rings. The molecule has 4 aromatic rings.